The lowest BCUT2D eigenvalue weighted by atomic mass is 10.0. The minimum Gasteiger partial charge on any atom is -0.326 e. The Morgan fingerprint density at radius 2 is 1.86 bits per heavy atom. The van der Waals surface area contributed by atoms with Gasteiger partial charge in [0, 0.05) is 24.2 Å². The first-order valence-electron chi connectivity index (χ1n) is 8.08. The Morgan fingerprint density at radius 3 is 2.45 bits per heavy atom. The first-order chi connectivity index (χ1) is 10.7. The van der Waals surface area contributed by atoms with Crippen LogP contribution >= 0.6 is 0 Å². The van der Waals surface area contributed by atoms with Crippen molar-refractivity contribution in [2.45, 2.75) is 39.0 Å². The summed E-state index contributed by atoms with van der Waals surface area (Å²) in [5.74, 6) is 0.647. The quantitative estimate of drug-likeness (QED) is 0.725. The Balaban J connectivity index is 1.81. The van der Waals surface area contributed by atoms with Crippen molar-refractivity contribution in [1.29, 1.82) is 0 Å². The lowest BCUT2D eigenvalue weighted by Crippen LogP contribution is -2.15. The molecule has 22 heavy (non-hydrogen) atoms. The molecule has 0 aliphatic carbocycles. The van der Waals surface area contributed by atoms with E-state index in [1.54, 1.807) is 6.07 Å². The van der Waals surface area contributed by atoms with Crippen molar-refractivity contribution in [3.8, 4) is 0 Å². The van der Waals surface area contributed by atoms with E-state index in [0.717, 1.165) is 43.7 Å². The zero-order valence-corrected chi connectivity index (χ0v) is 13.2. The van der Waals surface area contributed by atoms with E-state index in [1.165, 1.54) is 0 Å². The van der Waals surface area contributed by atoms with Crippen LogP contribution in [0.5, 0.6) is 0 Å². The van der Waals surface area contributed by atoms with Crippen molar-refractivity contribution < 1.29 is 9.59 Å². The second kappa shape index (κ2) is 8.54. The lowest BCUT2D eigenvalue weighted by molar-refractivity contribution is -0.117. The maximum absolute atomic E-state index is 12.0. The molecule has 1 heterocycles. The predicted octanol–water partition coefficient (Wildman–Crippen LogP) is 2.75. The van der Waals surface area contributed by atoms with Crippen LogP contribution in [0, 0.1) is 5.92 Å². The van der Waals surface area contributed by atoms with Crippen molar-refractivity contribution in [1.82, 2.24) is 5.32 Å². The zero-order chi connectivity index (χ0) is 15.8. The number of hydrogen-bond acceptors (Lipinski definition) is 3. The smallest absolute Gasteiger partial charge is 0.224 e. The van der Waals surface area contributed by atoms with Gasteiger partial charge in [0.25, 0.3) is 0 Å². The summed E-state index contributed by atoms with van der Waals surface area (Å²) in [5, 5.41) is 9.05. The van der Waals surface area contributed by atoms with Gasteiger partial charge in [-0.3, -0.25) is 9.59 Å². The predicted molar refractivity (Wildman–Crippen MR) is 88.8 cm³/mol. The van der Waals surface area contributed by atoms with Crippen molar-refractivity contribution >= 4 is 23.2 Å². The molecule has 1 aromatic carbocycles. The fourth-order valence-corrected chi connectivity index (χ4v) is 2.64. The number of anilines is 2. The van der Waals surface area contributed by atoms with Crippen LogP contribution in [0.25, 0.3) is 0 Å². The molecule has 0 bridgehead atoms. The number of benzene rings is 1. The minimum absolute atomic E-state index is 0.000269. The summed E-state index contributed by atoms with van der Waals surface area (Å²) in [4.78, 5) is 23.6. The molecule has 2 amide bonds. The van der Waals surface area contributed by atoms with Crippen LogP contribution in [-0.4, -0.2) is 24.9 Å². The van der Waals surface area contributed by atoms with E-state index >= 15 is 0 Å². The van der Waals surface area contributed by atoms with Crippen LogP contribution in [0.1, 0.15) is 39.0 Å². The summed E-state index contributed by atoms with van der Waals surface area (Å²) in [6, 6.07) is 7.29. The molecule has 1 aliphatic heterocycles. The number of hydrogen-bond donors (Lipinski definition) is 3. The molecule has 5 heteroatoms. The second-order valence-electron chi connectivity index (χ2n) is 5.82. The SMILES string of the molecule is CCCC(=O)Nc1cccc(NC(=O)CCC2CCNC2)c1. The van der Waals surface area contributed by atoms with Gasteiger partial charge in [0.2, 0.25) is 11.8 Å². The number of nitrogens with one attached hydrogen (secondary N) is 3. The Bertz CT molecular complexity index is 510. The van der Waals surface area contributed by atoms with Crippen molar-refractivity contribution in [2.75, 3.05) is 23.7 Å². The van der Waals surface area contributed by atoms with Crippen LogP contribution in [0.4, 0.5) is 11.4 Å². The molecule has 1 fully saturated rings. The third-order valence-corrected chi connectivity index (χ3v) is 3.85. The van der Waals surface area contributed by atoms with Gasteiger partial charge in [-0.05, 0) is 56.5 Å². The molecule has 0 saturated carbocycles. The molecule has 1 atom stereocenters. The van der Waals surface area contributed by atoms with Gasteiger partial charge in [-0.25, -0.2) is 0 Å². The summed E-state index contributed by atoms with van der Waals surface area (Å²) < 4.78 is 0. The second-order valence-corrected chi connectivity index (χ2v) is 5.82. The Kier molecular flexibility index (Phi) is 6.40. The largest absolute Gasteiger partial charge is 0.326 e. The van der Waals surface area contributed by atoms with E-state index in [2.05, 4.69) is 16.0 Å². The van der Waals surface area contributed by atoms with Gasteiger partial charge >= 0.3 is 0 Å². The highest BCUT2D eigenvalue weighted by molar-refractivity contribution is 5.94. The average molecular weight is 303 g/mol. The standard InChI is InChI=1S/C17H25N3O2/c1-2-4-16(21)19-14-5-3-6-15(11-14)20-17(22)8-7-13-9-10-18-12-13/h3,5-6,11,13,18H,2,4,7-10,12H2,1H3,(H,19,21)(H,20,22). The summed E-state index contributed by atoms with van der Waals surface area (Å²) in [6.45, 7) is 4.05. The summed E-state index contributed by atoms with van der Waals surface area (Å²) >= 11 is 0. The van der Waals surface area contributed by atoms with Crippen LogP contribution in [-0.2, 0) is 9.59 Å². The molecule has 5 nitrogen and oxygen atoms in total. The van der Waals surface area contributed by atoms with Gasteiger partial charge < -0.3 is 16.0 Å². The van der Waals surface area contributed by atoms with Gasteiger partial charge in [0.1, 0.15) is 0 Å². The summed E-state index contributed by atoms with van der Waals surface area (Å²) in [6.07, 6.45) is 3.95. The van der Waals surface area contributed by atoms with E-state index in [1.807, 2.05) is 25.1 Å². The third-order valence-electron chi connectivity index (χ3n) is 3.85. The molecule has 120 valence electrons. The van der Waals surface area contributed by atoms with E-state index in [4.69, 9.17) is 0 Å². The van der Waals surface area contributed by atoms with Crippen LogP contribution in [0.3, 0.4) is 0 Å². The number of rotatable bonds is 7. The van der Waals surface area contributed by atoms with Crippen molar-refractivity contribution in [3.05, 3.63) is 24.3 Å². The number of amides is 2. The lowest BCUT2D eigenvalue weighted by Gasteiger charge is -2.10. The third kappa shape index (κ3) is 5.48. The number of carbonyl (C=O) groups is 2. The molecule has 1 saturated heterocycles. The molecular weight excluding hydrogens is 278 g/mol. The average Bonchev–Trinajstić information content (AvgIpc) is 2.99. The number of carbonyl (C=O) groups excluding carboxylic acids is 2. The fraction of sp³-hybridized carbons (Fsp3) is 0.529. The van der Waals surface area contributed by atoms with Crippen LogP contribution in [0.2, 0.25) is 0 Å². The molecule has 0 radical (unpaired) electrons. The van der Waals surface area contributed by atoms with E-state index in [-0.39, 0.29) is 11.8 Å². The van der Waals surface area contributed by atoms with Crippen molar-refractivity contribution in [3.63, 3.8) is 0 Å². The monoisotopic (exact) mass is 303 g/mol. The highest BCUT2D eigenvalue weighted by Gasteiger charge is 2.15. The molecule has 1 aliphatic rings. The Hall–Kier alpha value is -1.88. The van der Waals surface area contributed by atoms with Crippen LogP contribution < -0.4 is 16.0 Å². The maximum atomic E-state index is 12.0. The molecular formula is C17H25N3O2. The summed E-state index contributed by atoms with van der Waals surface area (Å²) in [5.41, 5.74) is 1.44. The maximum Gasteiger partial charge on any atom is 0.224 e. The van der Waals surface area contributed by atoms with Gasteiger partial charge in [0.15, 0.2) is 0 Å². The summed E-state index contributed by atoms with van der Waals surface area (Å²) in [7, 11) is 0. The highest BCUT2D eigenvalue weighted by Crippen LogP contribution is 2.18. The Morgan fingerprint density at radius 1 is 1.18 bits per heavy atom. The molecule has 0 aromatic heterocycles. The minimum atomic E-state index is -0.000269. The zero-order valence-electron chi connectivity index (χ0n) is 13.2. The van der Waals surface area contributed by atoms with Gasteiger partial charge in [-0.2, -0.15) is 0 Å². The molecule has 3 N–H and O–H groups in total. The molecule has 1 aromatic rings. The van der Waals surface area contributed by atoms with Gasteiger partial charge in [-0.15, -0.1) is 0 Å². The van der Waals surface area contributed by atoms with E-state index in [0.29, 0.717) is 18.8 Å². The van der Waals surface area contributed by atoms with Gasteiger partial charge in [0.05, 0.1) is 0 Å². The Labute approximate surface area is 131 Å². The van der Waals surface area contributed by atoms with E-state index < -0.39 is 0 Å². The molecule has 2 rings (SSSR count). The van der Waals surface area contributed by atoms with Crippen LogP contribution in [0.15, 0.2) is 24.3 Å². The van der Waals surface area contributed by atoms with E-state index in [9.17, 15) is 9.59 Å². The fourth-order valence-electron chi connectivity index (χ4n) is 2.64. The first-order valence-corrected chi connectivity index (χ1v) is 8.08. The molecule has 1 unspecified atom stereocenters. The molecule has 0 spiro atoms. The first kappa shape index (κ1) is 16.5. The highest BCUT2D eigenvalue weighted by atomic mass is 16.2. The van der Waals surface area contributed by atoms with Gasteiger partial charge in [-0.1, -0.05) is 13.0 Å². The normalized spacial score (nSPS) is 17.2. The van der Waals surface area contributed by atoms with Crippen molar-refractivity contribution in [2.24, 2.45) is 5.92 Å². The topological polar surface area (TPSA) is 70.2 Å².